The Morgan fingerprint density at radius 2 is 1.84 bits per heavy atom. The van der Waals surface area contributed by atoms with E-state index in [9.17, 15) is 9.59 Å². The van der Waals surface area contributed by atoms with Crippen LogP contribution in [-0.4, -0.2) is 18.4 Å². The second-order valence-corrected chi connectivity index (χ2v) is 3.99. The van der Waals surface area contributed by atoms with Gasteiger partial charge in [-0.05, 0) is 13.8 Å². The number of hydrogen-bond donors (Lipinski definition) is 0. The van der Waals surface area contributed by atoms with Crippen molar-refractivity contribution in [2.75, 3.05) is 6.61 Å². The lowest BCUT2D eigenvalue weighted by atomic mass is 10.1. The Balaban J connectivity index is 2.95. The van der Waals surface area contributed by atoms with Gasteiger partial charge in [-0.25, -0.2) is 0 Å². The number of ketones is 1. The normalized spacial score (nSPS) is 12.7. The highest BCUT2D eigenvalue weighted by atomic mass is 16.5. The molecule has 0 N–H and O–H groups in total. The van der Waals surface area contributed by atoms with Crippen molar-refractivity contribution >= 4 is 11.8 Å². The first-order valence-electron chi connectivity index (χ1n) is 6.11. The van der Waals surface area contributed by atoms with Crippen molar-refractivity contribution in [2.45, 2.75) is 26.9 Å². The Bertz CT molecular complexity index is 462. The molecule has 0 radical (unpaired) electrons. The lowest BCUT2D eigenvalue weighted by molar-refractivity contribution is -0.152. The molecule has 0 amide bonds. The lowest BCUT2D eigenvalue weighted by Crippen LogP contribution is -2.17. The molecule has 0 saturated heterocycles. The molecule has 4 heteroatoms. The number of carbonyl (C=O) groups is 2. The minimum atomic E-state index is -0.922. The van der Waals surface area contributed by atoms with E-state index in [1.807, 2.05) is 13.0 Å². The zero-order valence-corrected chi connectivity index (χ0v) is 11.4. The number of benzene rings is 1. The summed E-state index contributed by atoms with van der Waals surface area (Å²) in [5.41, 5.74) is 0.642. The summed E-state index contributed by atoms with van der Waals surface area (Å²) in [5.74, 6) is -0.308. The van der Waals surface area contributed by atoms with Crippen molar-refractivity contribution in [2.24, 2.45) is 0 Å². The molecule has 0 heterocycles. The average molecular weight is 262 g/mol. The van der Waals surface area contributed by atoms with Crippen LogP contribution in [0.3, 0.4) is 0 Å². The van der Waals surface area contributed by atoms with E-state index >= 15 is 0 Å². The van der Waals surface area contributed by atoms with Gasteiger partial charge in [0.2, 0.25) is 5.78 Å². The number of rotatable bonds is 6. The van der Waals surface area contributed by atoms with Gasteiger partial charge in [0.15, 0.2) is 6.10 Å². The van der Waals surface area contributed by atoms with Crippen LogP contribution in [-0.2, 0) is 19.1 Å². The quantitative estimate of drug-likeness (QED) is 0.449. The van der Waals surface area contributed by atoms with Gasteiger partial charge in [0.05, 0.1) is 12.4 Å². The predicted octanol–water partition coefficient (Wildman–Crippen LogP) is 2.80. The van der Waals surface area contributed by atoms with E-state index in [4.69, 9.17) is 9.47 Å². The molecule has 0 fully saturated rings. The molecule has 0 bridgehead atoms. The summed E-state index contributed by atoms with van der Waals surface area (Å²) in [7, 11) is 0. The molecule has 1 aromatic carbocycles. The number of esters is 1. The minimum Gasteiger partial charge on any atom is -0.498 e. The maximum Gasteiger partial charge on any atom is 0.303 e. The molecule has 0 aromatic heterocycles. The fourth-order valence-electron chi connectivity index (χ4n) is 1.63. The first kappa shape index (κ1) is 15.0. The van der Waals surface area contributed by atoms with Crippen molar-refractivity contribution in [3.63, 3.8) is 0 Å². The second-order valence-electron chi connectivity index (χ2n) is 3.99. The van der Waals surface area contributed by atoms with Crippen LogP contribution in [0.2, 0.25) is 0 Å². The van der Waals surface area contributed by atoms with Crippen LogP contribution in [0.15, 0.2) is 42.2 Å². The highest BCUT2D eigenvalue weighted by Crippen LogP contribution is 2.20. The Morgan fingerprint density at radius 3 is 2.37 bits per heavy atom. The van der Waals surface area contributed by atoms with E-state index in [2.05, 4.69) is 0 Å². The fourth-order valence-corrected chi connectivity index (χ4v) is 1.63. The molecule has 1 unspecified atom stereocenters. The zero-order chi connectivity index (χ0) is 14.3. The van der Waals surface area contributed by atoms with Crippen molar-refractivity contribution in [3.05, 3.63) is 47.7 Å². The smallest absolute Gasteiger partial charge is 0.303 e. The van der Waals surface area contributed by atoms with Crippen LogP contribution in [0, 0.1) is 0 Å². The molecule has 19 heavy (non-hydrogen) atoms. The fraction of sp³-hybridized carbons (Fsp3) is 0.333. The van der Waals surface area contributed by atoms with Crippen LogP contribution in [0.4, 0.5) is 0 Å². The van der Waals surface area contributed by atoms with Gasteiger partial charge in [0.25, 0.3) is 0 Å². The van der Waals surface area contributed by atoms with Crippen molar-refractivity contribution in [1.82, 2.24) is 0 Å². The Kier molecular flexibility index (Phi) is 5.79. The van der Waals surface area contributed by atoms with Crippen LogP contribution in [0.1, 0.15) is 32.4 Å². The molecular weight excluding hydrogens is 244 g/mol. The van der Waals surface area contributed by atoms with Gasteiger partial charge < -0.3 is 9.47 Å². The number of allylic oxidation sites excluding steroid dienone is 1. The summed E-state index contributed by atoms with van der Waals surface area (Å²) in [6, 6.07) is 8.90. The Labute approximate surface area is 113 Å². The van der Waals surface area contributed by atoms with Crippen LogP contribution >= 0.6 is 0 Å². The molecule has 4 nitrogen and oxygen atoms in total. The molecule has 0 aliphatic heterocycles. The third kappa shape index (κ3) is 4.95. The molecule has 102 valence electrons. The standard InChI is InChI=1S/C15H18O4/c1-4-18-11(2)10-14(17)15(19-12(3)16)13-8-6-5-7-9-13/h5-10,15H,4H2,1-3H3/b11-10-. The predicted molar refractivity (Wildman–Crippen MR) is 71.3 cm³/mol. The molecule has 0 spiro atoms. The van der Waals surface area contributed by atoms with E-state index in [-0.39, 0.29) is 5.78 Å². The topological polar surface area (TPSA) is 52.6 Å². The van der Waals surface area contributed by atoms with E-state index < -0.39 is 12.1 Å². The molecule has 0 aliphatic rings. The summed E-state index contributed by atoms with van der Waals surface area (Å²) < 4.78 is 10.3. The molecular formula is C15H18O4. The SMILES string of the molecule is CCO/C(C)=C\C(=O)C(OC(C)=O)c1ccccc1. The van der Waals surface area contributed by atoms with Gasteiger partial charge >= 0.3 is 5.97 Å². The molecule has 1 aromatic rings. The summed E-state index contributed by atoms with van der Waals surface area (Å²) in [6.45, 7) is 5.29. The minimum absolute atomic E-state index is 0.313. The number of ether oxygens (including phenoxy) is 2. The van der Waals surface area contributed by atoms with E-state index in [0.29, 0.717) is 17.9 Å². The average Bonchev–Trinajstić information content (AvgIpc) is 2.37. The third-order valence-corrected chi connectivity index (χ3v) is 2.36. The third-order valence-electron chi connectivity index (χ3n) is 2.36. The zero-order valence-electron chi connectivity index (χ0n) is 11.4. The summed E-state index contributed by atoms with van der Waals surface area (Å²) in [4.78, 5) is 23.2. The first-order chi connectivity index (χ1) is 9.04. The van der Waals surface area contributed by atoms with Gasteiger partial charge in [-0.3, -0.25) is 9.59 Å². The van der Waals surface area contributed by atoms with Crippen LogP contribution in [0.5, 0.6) is 0 Å². The first-order valence-corrected chi connectivity index (χ1v) is 6.11. The number of carbonyl (C=O) groups excluding carboxylic acids is 2. The highest BCUT2D eigenvalue weighted by Gasteiger charge is 2.22. The van der Waals surface area contributed by atoms with E-state index in [0.717, 1.165) is 0 Å². The van der Waals surface area contributed by atoms with Crippen molar-refractivity contribution < 1.29 is 19.1 Å². The lowest BCUT2D eigenvalue weighted by Gasteiger charge is -2.15. The maximum atomic E-state index is 12.1. The summed E-state index contributed by atoms with van der Waals surface area (Å²) in [6.07, 6.45) is 0.429. The summed E-state index contributed by atoms with van der Waals surface area (Å²) in [5, 5.41) is 0. The second kappa shape index (κ2) is 7.36. The highest BCUT2D eigenvalue weighted by molar-refractivity contribution is 5.95. The van der Waals surface area contributed by atoms with Gasteiger partial charge in [0.1, 0.15) is 0 Å². The molecule has 0 saturated carbocycles. The molecule has 1 rings (SSSR count). The monoisotopic (exact) mass is 262 g/mol. The van der Waals surface area contributed by atoms with Crippen LogP contribution < -0.4 is 0 Å². The van der Waals surface area contributed by atoms with E-state index in [1.165, 1.54) is 13.0 Å². The van der Waals surface area contributed by atoms with Gasteiger partial charge in [-0.1, -0.05) is 30.3 Å². The van der Waals surface area contributed by atoms with Gasteiger partial charge in [-0.2, -0.15) is 0 Å². The van der Waals surface area contributed by atoms with Crippen molar-refractivity contribution in [1.29, 1.82) is 0 Å². The van der Waals surface area contributed by atoms with Gasteiger partial charge in [-0.15, -0.1) is 0 Å². The molecule has 1 atom stereocenters. The Morgan fingerprint density at radius 1 is 1.21 bits per heavy atom. The van der Waals surface area contributed by atoms with Gasteiger partial charge in [0, 0.05) is 18.6 Å². The van der Waals surface area contributed by atoms with Crippen LogP contribution in [0.25, 0.3) is 0 Å². The van der Waals surface area contributed by atoms with Crippen molar-refractivity contribution in [3.8, 4) is 0 Å². The maximum absolute atomic E-state index is 12.1. The number of hydrogen-bond acceptors (Lipinski definition) is 4. The Hall–Kier alpha value is -2.10. The summed E-state index contributed by atoms with van der Waals surface area (Å²) >= 11 is 0. The molecule has 0 aliphatic carbocycles. The largest absolute Gasteiger partial charge is 0.498 e. The van der Waals surface area contributed by atoms with E-state index in [1.54, 1.807) is 31.2 Å².